The van der Waals surface area contributed by atoms with E-state index in [1.165, 1.54) is 6.20 Å². The van der Waals surface area contributed by atoms with Crippen molar-refractivity contribution < 1.29 is 19.5 Å². The van der Waals surface area contributed by atoms with Crippen molar-refractivity contribution in [3.05, 3.63) is 47.9 Å². The topological polar surface area (TPSA) is 116 Å². The van der Waals surface area contributed by atoms with E-state index in [1.54, 1.807) is 6.20 Å². The SMILES string of the molecule is CC(=O)O.O=C(c1cccc(-c2cncc(C(=O)N3CCCC3)n2)c1)N1CCCNCC1. The largest absolute Gasteiger partial charge is 0.481 e. The monoisotopic (exact) mass is 439 g/mol. The van der Waals surface area contributed by atoms with Crippen molar-refractivity contribution in [1.82, 2.24) is 25.1 Å². The Balaban J connectivity index is 0.000000668. The fourth-order valence-corrected chi connectivity index (χ4v) is 3.73. The van der Waals surface area contributed by atoms with Crippen LogP contribution in [0.4, 0.5) is 0 Å². The van der Waals surface area contributed by atoms with Crippen molar-refractivity contribution in [3.8, 4) is 11.3 Å². The van der Waals surface area contributed by atoms with Crippen LogP contribution in [0, 0.1) is 0 Å². The number of carbonyl (C=O) groups is 3. The molecular formula is C23H29N5O4. The molecule has 9 heteroatoms. The Labute approximate surface area is 187 Å². The van der Waals surface area contributed by atoms with Crippen molar-refractivity contribution >= 4 is 17.8 Å². The number of carboxylic acid groups (broad SMARTS) is 1. The predicted molar refractivity (Wildman–Crippen MR) is 119 cm³/mol. The quantitative estimate of drug-likeness (QED) is 0.750. The molecule has 0 radical (unpaired) electrons. The van der Waals surface area contributed by atoms with Gasteiger partial charge in [0.05, 0.1) is 18.1 Å². The first-order chi connectivity index (χ1) is 15.5. The molecule has 2 fully saturated rings. The van der Waals surface area contributed by atoms with Crippen LogP contribution >= 0.6 is 0 Å². The van der Waals surface area contributed by atoms with Crippen LogP contribution in [-0.2, 0) is 4.79 Å². The molecule has 1 aromatic carbocycles. The van der Waals surface area contributed by atoms with Crippen molar-refractivity contribution in [2.45, 2.75) is 26.2 Å². The minimum absolute atomic E-state index is 0.0304. The number of carboxylic acids is 1. The molecule has 32 heavy (non-hydrogen) atoms. The van der Waals surface area contributed by atoms with Crippen molar-refractivity contribution in [1.29, 1.82) is 0 Å². The fraction of sp³-hybridized carbons (Fsp3) is 0.435. The van der Waals surface area contributed by atoms with E-state index in [9.17, 15) is 9.59 Å². The third-order valence-corrected chi connectivity index (χ3v) is 5.28. The zero-order chi connectivity index (χ0) is 22.9. The summed E-state index contributed by atoms with van der Waals surface area (Å²) < 4.78 is 0. The molecule has 170 valence electrons. The maximum atomic E-state index is 12.9. The number of hydrogen-bond acceptors (Lipinski definition) is 6. The number of carbonyl (C=O) groups excluding carboxylic acids is 2. The molecule has 2 aliphatic heterocycles. The van der Waals surface area contributed by atoms with E-state index in [2.05, 4.69) is 15.3 Å². The fourth-order valence-electron chi connectivity index (χ4n) is 3.73. The highest BCUT2D eigenvalue weighted by atomic mass is 16.4. The molecule has 2 aromatic rings. The van der Waals surface area contributed by atoms with Gasteiger partial charge in [-0.2, -0.15) is 0 Å². The number of aliphatic carboxylic acids is 1. The number of nitrogens with one attached hydrogen (secondary N) is 1. The molecule has 0 aliphatic carbocycles. The molecule has 0 saturated carbocycles. The number of hydrogen-bond donors (Lipinski definition) is 2. The predicted octanol–water partition coefficient (Wildman–Crippen LogP) is 1.91. The number of nitrogens with zero attached hydrogens (tertiary/aromatic N) is 4. The summed E-state index contributed by atoms with van der Waals surface area (Å²) in [6.07, 6.45) is 6.19. The lowest BCUT2D eigenvalue weighted by Crippen LogP contribution is -2.34. The van der Waals surface area contributed by atoms with Crippen LogP contribution in [0.15, 0.2) is 36.7 Å². The normalized spacial score (nSPS) is 16.0. The first-order valence-corrected chi connectivity index (χ1v) is 10.9. The zero-order valence-corrected chi connectivity index (χ0v) is 18.3. The number of benzene rings is 1. The van der Waals surface area contributed by atoms with Gasteiger partial charge in [0.25, 0.3) is 17.8 Å². The standard InChI is InChI=1S/C21H25N5O2.C2H4O2/c27-20(26-11-4-7-22-8-12-26)17-6-3-5-16(13-17)18-14-23-15-19(24-18)21(28)25-9-1-2-10-25;1-2(3)4/h3,5-6,13-15,22H,1-2,4,7-12H2;1H3,(H,3,4). The molecule has 0 bridgehead atoms. The summed E-state index contributed by atoms with van der Waals surface area (Å²) in [7, 11) is 0. The molecule has 3 heterocycles. The Bertz CT molecular complexity index is 947. The van der Waals surface area contributed by atoms with Crippen molar-refractivity contribution in [2.75, 3.05) is 39.3 Å². The Morgan fingerprint density at radius 1 is 0.938 bits per heavy atom. The summed E-state index contributed by atoms with van der Waals surface area (Å²) in [6.45, 7) is 5.87. The molecule has 2 amide bonds. The van der Waals surface area contributed by atoms with Crippen molar-refractivity contribution in [3.63, 3.8) is 0 Å². The molecular weight excluding hydrogens is 410 g/mol. The van der Waals surface area contributed by atoms with Gasteiger partial charge in [0.1, 0.15) is 5.69 Å². The molecule has 2 aliphatic rings. The zero-order valence-electron chi connectivity index (χ0n) is 18.3. The molecule has 0 unspecified atom stereocenters. The maximum Gasteiger partial charge on any atom is 0.300 e. The first kappa shape index (κ1) is 23.3. The van der Waals surface area contributed by atoms with Gasteiger partial charge in [0.2, 0.25) is 0 Å². The minimum atomic E-state index is -0.833. The van der Waals surface area contributed by atoms with Gasteiger partial charge < -0.3 is 20.2 Å². The first-order valence-electron chi connectivity index (χ1n) is 10.9. The summed E-state index contributed by atoms with van der Waals surface area (Å²) in [4.78, 5) is 46.9. The average Bonchev–Trinajstić information content (AvgIpc) is 3.20. The summed E-state index contributed by atoms with van der Waals surface area (Å²) >= 11 is 0. The average molecular weight is 440 g/mol. The van der Waals surface area contributed by atoms with Gasteiger partial charge in [-0.1, -0.05) is 12.1 Å². The molecule has 0 spiro atoms. The van der Waals surface area contributed by atoms with E-state index in [1.807, 2.05) is 34.1 Å². The van der Waals surface area contributed by atoms with Crippen LogP contribution in [0.3, 0.4) is 0 Å². The molecule has 2 N–H and O–H groups in total. The van der Waals surface area contributed by atoms with Gasteiger partial charge in [-0.15, -0.1) is 0 Å². The van der Waals surface area contributed by atoms with Crippen LogP contribution < -0.4 is 5.32 Å². The number of amides is 2. The van der Waals surface area contributed by atoms with Crippen LogP contribution in [0.2, 0.25) is 0 Å². The van der Waals surface area contributed by atoms with E-state index in [0.717, 1.165) is 64.5 Å². The summed E-state index contributed by atoms with van der Waals surface area (Å²) in [5, 5.41) is 10.7. The van der Waals surface area contributed by atoms with Crippen molar-refractivity contribution in [2.24, 2.45) is 0 Å². The Kier molecular flexibility index (Phi) is 8.27. The Morgan fingerprint density at radius 3 is 2.38 bits per heavy atom. The van der Waals surface area contributed by atoms with Crippen LogP contribution in [0.25, 0.3) is 11.3 Å². The lowest BCUT2D eigenvalue weighted by Gasteiger charge is -2.20. The third kappa shape index (κ3) is 6.34. The lowest BCUT2D eigenvalue weighted by atomic mass is 10.1. The Hall–Kier alpha value is -3.33. The smallest absolute Gasteiger partial charge is 0.300 e. The second-order valence-electron chi connectivity index (χ2n) is 7.78. The van der Waals surface area contributed by atoms with Gasteiger partial charge in [-0.25, -0.2) is 4.98 Å². The minimum Gasteiger partial charge on any atom is -0.481 e. The van der Waals surface area contributed by atoms with Crippen LogP contribution in [-0.4, -0.2) is 81.9 Å². The van der Waals surface area contributed by atoms with Gasteiger partial charge in [0, 0.05) is 50.8 Å². The van der Waals surface area contributed by atoms with E-state index >= 15 is 0 Å². The second-order valence-corrected chi connectivity index (χ2v) is 7.78. The van der Waals surface area contributed by atoms with Gasteiger partial charge in [-0.05, 0) is 37.9 Å². The van der Waals surface area contributed by atoms with E-state index in [4.69, 9.17) is 9.90 Å². The molecule has 1 aromatic heterocycles. The molecule has 9 nitrogen and oxygen atoms in total. The van der Waals surface area contributed by atoms with Crippen LogP contribution in [0.5, 0.6) is 0 Å². The molecule has 4 rings (SSSR count). The van der Waals surface area contributed by atoms with Gasteiger partial charge in [0.15, 0.2) is 0 Å². The lowest BCUT2D eigenvalue weighted by molar-refractivity contribution is -0.134. The Morgan fingerprint density at radius 2 is 1.62 bits per heavy atom. The van der Waals surface area contributed by atoms with Gasteiger partial charge in [-0.3, -0.25) is 19.4 Å². The summed E-state index contributed by atoms with van der Waals surface area (Å²) in [5.74, 6) is -0.876. The number of rotatable bonds is 3. The van der Waals surface area contributed by atoms with E-state index in [-0.39, 0.29) is 11.8 Å². The molecule has 0 atom stereocenters. The number of aromatic nitrogens is 2. The van der Waals surface area contributed by atoms with Crippen LogP contribution in [0.1, 0.15) is 47.0 Å². The number of likely N-dealkylation sites (tertiary alicyclic amines) is 1. The van der Waals surface area contributed by atoms with E-state index in [0.29, 0.717) is 23.5 Å². The highest BCUT2D eigenvalue weighted by Crippen LogP contribution is 2.20. The summed E-state index contributed by atoms with van der Waals surface area (Å²) in [5.41, 5.74) is 2.40. The highest BCUT2D eigenvalue weighted by molar-refractivity contribution is 5.96. The second kappa shape index (κ2) is 11.3. The third-order valence-electron chi connectivity index (χ3n) is 5.28. The summed E-state index contributed by atoms with van der Waals surface area (Å²) in [6, 6.07) is 7.43. The highest BCUT2D eigenvalue weighted by Gasteiger charge is 2.22. The molecule has 2 saturated heterocycles. The van der Waals surface area contributed by atoms with E-state index < -0.39 is 5.97 Å². The van der Waals surface area contributed by atoms with Gasteiger partial charge >= 0.3 is 0 Å². The maximum absolute atomic E-state index is 12.9.